The predicted octanol–water partition coefficient (Wildman–Crippen LogP) is 3.09. The normalized spacial score (nSPS) is 11.5. The van der Waals surface area contributed by atoms with Gasteiger partial charge in [0.15, 0.2) is 5.96 Å². The second-order valence-electron chi connectivity index (χ2n) is 5.61. The first-order chi connectivity index (χ1) is 11.1. The van der Waals surface area contributed by atoms with Crippen molar-refractivity contribution in [3.05, 3.63) is 17.3 Å². The fraction of sp³-hybridized carbons (Fsp3) is 0.765. The number of halogens is 1. The average Bonchev–Trinajstić information content (AvgIpc) is 2.86. The summed E-state index contributed by atoms with van der Waals surface area (Å²) in [6.45, 7) is 16.0. The van der Waals surface area contributed by atoms with Gasteiger partial charge in [0.1, 0.15) is 12.3 Å². The Morgan fingerprint density at radius 1 is 1.12 bits per heavy atom. The molecular weight excluding hydrogens is 417 g/mol. The van der Waals surface area contributed by atoms with Crippen LogP contribution in [-0.2, 0) is 6.54 Å². The number of nitrogens with one attached hydrogen (secondary N) is 2. The number of nitrogens with zero attached hydrogens (tertiary/aromatic N) is 3. The molecule has 1 aromatic heterocycles. The molecule has 1 aromatic rings. The standard InChI is InChI=1S/C17H33N5O.HI/c1-6-18-17(19-11-9-10-12-22(7-2)8-3)20-13-16-21-14(4)15(5)23-16;/h6-13H2,1-5H3,(H2,18,19,20);1H. The largest absolute Gasteiger partial charge is 0.444 e. The van der Waals surface area contributed by atoms with Crippen LogP contribution in [0.25, 0.3) is 0 Å². The molecule has 0 amide bonds. The van der Waals surface area contributed by atoms with Crippen molar-refractivity contribution in [1.82, 2.24) is 20.5 Å². The lowest BCUT2D eigenvalue weighted by Gasteiger charge is -2.17. The van der Waals surface area contributed by atoms with Gasteiger partial charge in [-0.1, -0.05) is 13.8 Å². The third-order valence-corrected chi connectivity index (χ3v) is 3.88. The van der Waals surface area contributed by atoms with Crippen molar-refractivity contribution in [2.24, 2.45) is 4.99 Å². The maximum absolute atomic E-state index is 5.56. The van der Waals surface area contributed by atoms with Crippen LogP contribution in [0.5, 0.6) is 0 Å². The van der Waals surface area contributed by atoms with Gasteiger partial charge in [0.05, 0.1) is 5.69 Å². The number of rotatable bonds is 10. The number of aryl methyl sites for hydroxylation is 2. The molecule has 0 radical (unpaired) electrons. The Morgan fingerprint density at radius 2 is 1.83 bits per heavy atom. The van der Waals surface area contributed by atoms with Gasteiger partial charge in [0, 0.05) is 13.1 Å². The van der Waals surface area contributed by atoms with Gasteiger partial charge in [-0.3, -0.25) is 0 Å². The van der Waals surface area contributed by atoms with E-state index >= 15 is 0 Å². The molecular formula is C17H34IN5O. The van der Waals surface area contributed by atoms with Gasteiger partial charge in [0.2, 0.25) is 5.89 Å². The summed E-state index contributed by atoms with van der Waals surface area (Å²) < 4.78 is 5.56. The van der Waals surface area contributed by atoms with Crippen molar-refractivity contribution in [3.8, 4) is 0 Å². The Morgan fingerprint density at radius 3 is 2.38 bits per heavy atom. The number of unbranched alkanes of at least 4 members (excludes halogenated alkanes) is 1. The van der Waals surface area contributed by atoms with E-state index in [0.717, 1.165) is 56.6 Å². The van der Waals surface area contributed by atoms with E-state index in [4.69, 9.17) is 4.42 Å². The molecule has 140 valence electrons. The summed E-state index contributed by atoms with van der Waals surface area (Å²) in [5.41, 5.74) is 0.935. The molecule has 0 bridgehead atoms. The molecule has 2 N–H and O–H groups in total. The molecule has 24 heavy (non-hydrogen) atoms. The second-order valence-corrected chi connectivity index (χ2v) is 5.61. The first kappa shape index (κ1) is 23.2. The molecule has 0 aliphatic carbocycles. The average molecular weight is 451 g/mol. The maximum atomic E-state index is 5.56. The highest BCUT2D eigenvalue weighted by atomic mass is 127. The summed E-state index contributed by atoms with van der Waals surface area (Å²) in [6, 6.07) is 0. The molecule has 0 spiro atoms. The zero-order valence-corrected chi connectivity index (χ0v) is 18.1. The lowest BCUT2D eigenvalue weighted by atomic mass is 10.3. The quantitative estimate of drug-likeness (QED) is 0.248. The zero-order chi connectivity index (χ0) is 17.1. The molecule has 0 aromatic carbocycles. The summed E-state index contributed by atoms with van der Waals surface area (Å²) in [6.07, 6.45) is 2.34. The van der Waals surface area contributed by atoms with Gasteiger partial charge in [-0.15, -0.1) is 24.0 Å². The summed E-state index contributed by atoms with van der Waals surface area (Å²) in [5.74, 6) is 2.35. The van der Waals surface area contributed by atoms with Crippen molar-refractivity contribution >= 4 is 29.9 Å². The molecule has 0 fully saturated rings. The SMILES string of the molecule is CCNC(=NCc1nc(C)c(C)o1)NCCCCN(CC)CC.I. The molecule has 1 rings (SSSR count). The van der Waals surface area contributed by atoms with Crippen LogP contribution in [0.15, 0.2) is 9.41 Å². The minimum Gasteiger partial charge on any atom is -0.444 e. The lowest BCUT2D eigenvalue weighted by Crippen LogP contribution is -2.38. The van der Waals surface area contributed by atoms with E-state index in [9.17, 15) is 0 Å². The first-order valence-corrected chi connectivity index (χ1v) is 8.78. The molecule has 0 atom stereocenters. The monoisotopic (exact) mass is 451 g/mol. The van der Waals surface area contributed by atoms with Gasteiger partial charge in [0.25, 0.3) is 0 Å². The molecule has 7 heteroatoms. The number of aliphatic imine (C=N–C) groups is 1. The predicted molar refractivity (Wildman–Crippen MR) is 111 cm³/mol. The van der Waals surface area contributed by atoms with Crippen LogP contribution in [0.2, 0.25) is 0 Å². The highest BCUT2D eigenvalue weighted by Gasteiger charge is 2.05. The maximum Gasteiger partial charge on any atom is 0.216 e. The van der Waals surface area contributed by atoms with E-state index in [2.05, 4.69) is 46.3 Å². The van der Waals surface area contributed by atoms with E-state index in [0.29, 0.717) is 12.4 Å². The van der Waals surface area contributed by atoms with Crippen LogP contribution in [0.3, 0.4) is 0 Å². The van der Waals surface area contributed by atoms with Crippen LogP contribution in [0, 0.1) is 13.8 Å². The van der Waals surface area contributed by atoms with Crippen LogP contribution in [0.1, 0.15) is 51.0 Å². The molecule has 0 aliphatic heterocycles. The van der Waals surface area contributed by atoms with E-state index in [1.807, 2.05) is 13.8 Å². The highest BCUT2D eigenvalue weighted by molar-refractivity contribution is 14.0. The first-order valence-electron chi connectivity index (χ1n) is 8.78. The zero-order valence-electron chi connectivity index (χ0n) is 15.8. The Bertz CT molecular complexity index is 452. The fourth-order valence-corrected chi connectivity index (χ4v) is 2.30. The summed E-state index contributed by atoms with van der Waals surface area (Å²) in [7, 11) is 0. The van der Waals surface area contributed by atoms with Crippen molar-refractivity contribution in [2.75, 3.05) is 32.7 Å². The minimum atomic E-state index is 0. The van der Waals surface area contributed by atoms with E-state index in [1.54, 1.807) is 0 Å². The van der Waals surface area contributed by atoms with E-state index in [-0.39, 0.29) is 24.0 Å². The number of guanidine groups is 1. The summed E-state index contributed by atoms with van der Waals surface area (Å²) in [4.78, 5) is 11.3. The molecule has 0 saturated heterocycles. The van der Waals surface area contributed by atoms with Crippen molar-refractivity contribution in [2.45, 2.75) is 54.0 Å². The Kier molecular flexibility index (Phi) is 13.0. The van der Waals surface area contributed by atoms with Crippen LogP contribution in [-0.4, -0.2) is 48.6 Å². The van der Waals surface area contributed by atoms with Crippen molar-refractivity contribution < 1.29 is 4.42 Å². The number of hydrogen-bond donors (Lipinski definition) is 2. The number of aromatic nitrogens is 1. The lowest BCUT2D eigenvalue weighted by molar-refractivity contribution is 0.297. The number of hydrogen-bond acceptors (Lipinski definition) is 4. The van der Waals surface area contributed by atoms with Gasteiger partial charge < -0.3 is 20.0 Å². The topological polar surface area (TPSA) is 65.7 Å². The molecule has 6 nitrogen and oxygen atoms in total. The smallest absolute Gasteiger partial charge is 0.216 e. The van der Waals surface area contributed by atoms with Crippen molar-refractivity contribution in [1.29, 1.82) is 0 Å². The molecule has 0 unspecified atom stereocenters. The third kappa shape index (κ3) is 8.86. The summed E-state index contributed by atoms with van der Waals surface area (Å²) >= 11 is 0. The van der Waals surface area contributed by atoms with Gasteiger partial charge in [-0.25, -0.2) is 9.98 Å². The van der Waals surface area contributed by atoms with Gasteiger partial charge in [-0.2, -0.15) is 0 Å². The summed E-state index contributed by atoms with van der Waals surface area (Å²) in [5, 5.41) is 6.63. The van der Waals surface area contributed by atoms with Gasteiger partial charge >= 0.3 is 0 Å². The Labute approximate surface area is 163 Å². The Hall–Kier alpha value is -0.830. The molecule has 0 saturated carbocycles. The fourth-order valence-electron chi connectivity index (χ4n) is 2.30. The minimum absolute atomic E-state index is 0. The van der Waals surface area contributed by atoms with Crippen molar-refractivity contribution in [3.63, 3.8) is 0 Å². The van der Waals surface area contributed by atoms with Gasteiger partial charge in [-0.05, 0) is 53.2 Å². The van der Waals surface area contributed by atoms with Crippen LogP contribution in [0.4, 0.5) is 0 Å². The van der Waals surface area contributed by atoms with Crippen LogP contribution < -0.4 is 10.6 Å². The number of oxazole rings is 1. The van der Waals surface area contributed by atoms with E-state index < -0.39 is 0 Å². The molecule has 1 heterocycles. The molecule has 0 aliphatic rings. The Balaban J connectivity index is 0.00000529. The third-order valence-electron chi connectivity index (χ3n) is 3.88. The van der Waals surface area contributed by atoms with E-state index in [1.165, 1.54) is 6.42 Å². The second kappa shape index (κ2) is 13.5. The van der Waals surface area contributed by atoms with Crippen LogP contribution >= 0.6 is 24.0 Å². The highest BCUT2D eigenvalue weighted by Crippen LogP contribution is 2.08.